The van der Waals surface area contributed by atoms with Gasteiger partial charge in [-0.05, 0) is 61.6 Å². The van der Waals surface area contributed by atoms with Crippen molar-refractivity contribution in [3.63, 3.8) is 0 Å². The molecule has 27 heavy (non-hydrogen) atoms. The minimum absolute atomic E-state index is 0.125. The number of carboxylic acid groups (broad SMARTS) is 1. The Hall–Kier alpha value is -2.66. The van der Waals surface area contributed by atoms with Gasteiger partial charge < -0.3 is 15.2 Å². The van der Waals surface area contributed by atoms with Crippen LogP contribution < -0.4 is 5.32 Å². The minimum atomic E-state index is -1.03. The highest BCUT2D eigenvalue weighted by molar-refractivity contribution is 5.97. The molecule has 0 unspecified atom stereocenters. The second-order valence-corrected chi connectivity index (χ2v) is 7.28. The van der Waals surface area contributed by atoms with Gasteiger partial charge in [-0.3, -0.25) is 4.79 Å². The van der Waals surface area contributed by atoms with Crippen LogP contribution in [0.3, 0.4) is 0 Å². The fourth-order valence-electron chi connectivity index (χ4n) is 3.86. The molecule has 1 heterocycles. The number of hydrogen-bond acceptors (Lipinski definition) is 3. The lowest BCUT2D eigenvalue weighted by Crippen LogP contribution is -2.45. The van der Waals surface area contributed by atoms with Crippen molar-refractivity contribution in [2.75, 3.05) is 19.8 Å². The fourth-order valence-corrected chi connectivity index (χ4v) is 3.86. The van der Waals surface area contributed by atoms with Crippen molar-refractivity contribution in [2.45, 2.75) is 32.1 Å². The van der Waals surface area contributed by atoms with Crippen molar-refractivity contribution in [1.29, 1.82) is 0 Å². The normalized spacial score (nSPS) is 15.9. The van der Waals surface area contributed by atoms with Gasteiger partial charge in [0, 0.05) is 30.7 Å². The van der Waals surface area contributed by atoms with Crippen LogP contribution in [0, 0.1) is 13.8 Å². The number of nitrogens with one attached hydrogen (secondary N) is 1. The maximum Gasteiger partial charge on any atom is 0.335 e. The Bertz CT molecular complexity index is 853. The summed E-state index contributed by atoms with van der Waals surface area (Å²) in [5.41, 5.74) is 3.53. The highest BCUT2D eigenvalue weighted by Gasteiger charge is 2.35. The average molecular weight is 367 g/mol. The van der Waals surface area contributed by atoms with Crippen LogP contribution in [0.25, 0.3) is 0 Å². The Balaban J connectivity index is 1.83. The van der Waals surface area contributed by atoms with Crippen molar-refractivity contribution in [1.82, 2.24) is 5.32 Å². The third-order valence-corrected chi connectivity index (χ3v) is 5.34. The van der Waals surface area contributed by atoms with E-state index < -0.39 is 5.97 Å². The smallest absolute Gasteiger partial charge is 0.335 e. The molecule has 142 valence electrons. The zero-order valence-electron chi connectivity index (χ0n) is 15.7. The molecule has 3 rings (SSSR count). The van der Waals surface area contributed by atoms with Crippen molar-refractivity contribution in [2.24, 2.45) is 0 Å². The van der Waals surface area contributed by atoms with Crippen LogP contribution >= 0.6 is 0 Å². The van der Waals surface area contributed by atoms with Crippen LogP contribution in [0.2, 0.25) is 0 Å². The molecule has 0 radical (unpaired) electrons. The zero-order valence-corrected chi connectivity index (χ0v) is 15.7. The minimum Gasteiger partial charge on any atom is -0.478 e. The van der Waals surface area contributed by atoms with E-state index in [1.54, 1.807) is 19.1 Å². The van der Waals surface area contributed by atoms with Gasteiger partial charge in [-0.1, -0.05) is 24.3 Å². The van der Waals surface area contributed by atoms with Crippen LogP contribution in [0.5, 0.6) is 0 Å². The highest BCUT2D eigenvalue weighted by Crippen LogP contribution is 2.36. The van der Waals surface area contributed by atoms with E-state index in [1.165, 1.54) is 17.2 Å². The molecule has 1 saturated heterocycles. The molecule has 5 heteroatoms. The SMILES string of the molecule is Cc1cc(C(=O)O)cc(C(=O)NCC2(c3ccccc3C)CCOCC2)c1. The van der Waals surface area contributed by atoms with Gasteiger partial charge in [-0.25, -0.2) is 4.79 Å². The van der Waals surface area contributed by atoms with Crippen molar-refractivity contribution in [3.8, 4) is 0 Å². The number of rotatable bonds is 5. The van der Waals surface area contributed by atoms with Gasteiger partial charge in [-0.15, -0.1) is 0 Å². The number of aromatic carboxylic acids is 1. The second kappa shape index (κ2) is 7.92. The zero-order chi connectivity index (χ0) is 19.4. The number of hydrogen-bond donors (Lipinski definition) is 2. The van der Waals surface area contributed by atoms with E-state index in [9.17, 15) is 14.7 Å². The molecule has 1 aliphatic heterocycles. The first-order valence-electron chi connectivity index (χ1n) is 9.18. The summed E-state index contributed by atoms with van der Waals surface area (Å²) in [6, 6.07) is 13.0. The van der Waals surface area contributed by atoms with E-state index in [1.807, 2.05) is 12.1 Å². The van der Waals surface area contributed by atoms with E-state index in [0.29, 0.717) is 25.3 Å². The molecule has 5 nitrogen and oxygen atoms in total. The van der Waals surface area contributed by atoms with Crippen LogP contribution in [0.15, 0.2) is 42.5 Å². The van der Waals surface area contributed by atoms with Gasteiger partial charge in [0.1, 0.15) is 0 Å². The van der Waals surface area contributed by atoms with Crippen LogP contribution in [-0.2, 0) is 10.2 Å². The van der Waals surface area contributed by atoms with Crippen molar-refractivity contribution >= 4 is 11.9 Å². The summed E-state index contributed by atoms with van der Waals surface area (Å²) < 4.78 is 5.56. The predicted molar refractivity (Wildman–Crippen MR) is 103 cm³/mol. The number of benzene rings is 2. The van der Waals surface area contributed by atoms with Gasteiger partial charge >= 0.3 is 5.97 Å². The first kappa shape index (κ1) is 19.1. The van der Waals surface area contributed by atoms with Crippen molar-refractivity contribution < 1.29 is 19.4 Å². The van der Waals surface area contributed by atoms with E-state index in [4.69, 9.17) is 4.74 Å². The number of aryl methyl sites for hydroxylation is 2. The fraction of sp³-hybridized carbons (Fsp3) is 0.364. The molecular weight excluding hydrogens is 342 g/mol. The number of ether oxygens (including phenoxy) is 1. The number of carboxylic acids is 1. The molecule has 0 aliphatic carbocycles. The molecule has 2 aromatic carbocycles. The van der Waals surface area contributed by atoms with Gasteiger partial charge in [0.25, 0.3) is 5.91 Å². The van der Waals surface area contributed by atoms with E-state index in [-0.39, 0.29) is 16.9 Å². The molecule has 1 amide bonds. The Morgan fingerprint density at radius 3 is 2.41 bits per heavy atom. The van der Waals surface area contributed by atoms with E-state index in [2.05, 4.69) is 24.4 Å². The Morgan fingerprint density at radius 2 is 1.74 bits per heavy atom. The van der Waals surface area contributed by atoms with E-state index in [0.717, 1.165) is 18.4 Å². The maximum atomic E-state index is 12.7. The summed E-state index contributed by atoms with van der Waals surface area (Å²) in [5.74, 6) is -1.28. The van der Waals surface area contributed by atoms with Gasteiger partial charge in [0.05, 0.1) is 5.56 Å². The molecule has 0 bridgehead atoms. The number of carbonyl (C=O) groups is 2. The Labute approximate surface area is 159 Å². The Kier molecular flexibility index (Phi) is 5.61. The third kappa shape index (κ3) is 4.19. The van der Waals surface area contributed by atoms with Crippen LogP contribution in [0.1, 0.15) is 50.2 Å². The molecule has 0 saturated carbocycles. The number of carbonyl (C=O) groups excluding carboxylic acids is 1. The summed E-state index contributed by atoms with van der Waals surface area (Å²) in [5, 5.41) is 12.3. The third-order valence-electron chi connectivity index (χ3n) is 5.34. The van der Waals surface area contributed by atoms with Crippen molar-refractivity contribution in [3.05, 3.63) is 70.3 Å². The standard InChI is InChI=1S/C22H25NO4/c1-15-11-17(13-18(12-15)21(25)26)20(24)23-14-22(7-9-27-10-8-22)19-6-4-3-5-16(19)2/h3-6,11-13H,7-10,14H2,1-2H3,(H,23,24)(H,25,26). The molecule has 0 atom stereocenters. The molecule has 1 aliphatic rings. The van der Waals surface area contributed by atoms with Crippen LogP contribution in [0.4, 0.5) is 0 Å². The van der Waals surface area contributed by atoms with Gasteiger partial charge in [0.2, 0.25) is 0 Å². The topological polar surface area (TPSA) is 75.6 Å². The van der Waals surface area contributed by atoms with Gasteiger partial charge in [0.15, 0.2) is 0 Å². The largest absolute Gasteiger partial charge is 0.478 e. The first-order chi connectivity index (χ1) is 12.9. The lowest BCUT2D eigenvalue weighted by atomic mass is 9.72. The lowest BCUT2D eigenvalue weighted by Gasteiger charge is -2.39. The summed E-state index contributed by atoms with van der Waals surface area (Å²) in [6.07, 6.45) is 1.68. The molecule has 0 spiro atoms. The monoisotopic (exact) mass is 367 g/mol. The first-order valence-corrected chi connectivity index (χ1v) is 9.18. The highest BCUT2D eigenvalue weighted by atomic mass is 16.5. The summed E-state index contributed by atoms with van der Waals surface area (Å²) in [6.45, 7) is 5.70. The molecule has 0 aromatic heterocycles. The lowest BCUT2D eigenvalue weighted by molar-refractivity contribution is 0.0485. The summed E-state index contributed by atoms with van der Waals surface area (Å²) in [4.78, 5) is 24.0. The van der Waals surface area contributed by atoms with Gasteiger partial charge in [-0.2, -0.15) is 0 Å². The molecule has 1 fully saturated rings. The molecular formula is C22H25NO4. The van der Waals surface area contributed by atoms with E-state index >= 15 is 0 Å². The Morgan fingerprint density at radius 1 is 1.07 bits per heavy atom. The summed E-state index contributed by atoms with van der Waals surface area (Å²) in [7, 11) is 0. The summed E-state index contributed by atoms with van der Waals surface area (Å²) >= 11 is 0. The number of amides is 1. The second-order valence-electron chi connectivity index (χ2n) is 7.28. The molecule has 2 aromatic rings. The predicted octanol–water partition coefficient (Wildman–Crippen LogP) is 3.48. The quantitative estimate of drug-likeness (QED) is 0.848. The average Bonchev–Trinajstić information content (AvgIpc) is 2.66. The molecule has 2 N–H and O–H groups in total. The van der Waals surface area contributed by atoms with Crippen LogP contribution in [-0.4, -0.2) is 36.7 Å². The maximum absolute atomic E-state index is 12.7.